The van der Waals surface area contributed by atoms with Crippen LogP contribution in [0.5, 0.6) is 0 Å². The first-order valence-electron chi connectivity index (χ1n) is 9.23. The number of aromatic nitrogens is 3. The minimum Gasteiger partial charge on any atom is -0.460 e. The lowest BCUT2D eigenvalue weighted by Gasteiger charge is -2.05. The first-order valence-corrected chi connectivity index (χ1v) is 9.23. The van der Waals surface area contributed by atoms with E-state index in [9.17, 15) is 9.59 Å². The van der Waals surface area contributed by atoms with Crippen molar-refractivity contribution in [3.05, 3.63) is 70.8 Å². The van der Waals surface area contributed by atoms with E-state index in [1.165, 1.54) is 7.11 Å². The number of esters is 1. The minimum atomic E-state index is -0.475. The normalized spacial score (nSPS) is 10.7. The van der Waals surface area contributed by atoms with Crippen LogP contribution in [-0.4, -0.2) is 47.0 Å². The number of amides is 1. The summed E-state index contributed by atoms with van der Waals surface area (Å²) in [5.41, 5.74) is 3.68. The lowest BCUT2D eigenvalue weighted by atomic mass is 10.1. The number of hydrogen-bond acceptors (Lipinski definition) is 5. The van der Waals surface area contributed by atoms with Crippen LogP contribution in [0.25, 0.3) is 5.69 Å². The average Bonchev–Trinajstić information content (AvgIpc) is 3.31. The number of H-pyrrole nitrogens is 1. The molecule has 0 bridgehead atoms. The Kier molecular flexibility index (Phi) is 6.46. The van der Waals surface area contributed by atoms with Crippen LogP contribution in [0.2, 0.25) is 0 Å². The minimum absolute atomic E-state index is 0.159. The molecule has 0 aliphatic heterocycles. The highest BCUT2D eigenvalue weighted by molar-refractivity contribution is 6.00. The third-order valence-corrected chi connectivity index (χ3v) is 4.50. The van der Waals surface area contributed by atoms with Gasteiger partial charge >= 0.3 is 5.97 Å². The smallest absolute Gasteiger partial charge is 0.340 e. The Hall–Kier alpha value is -3.39. The number of nitrogens with one attached hydrogen (secondary N) is 2. The van der Waals surface area contributed by atoms with Crippen LogP contribution in [0.15, 0.2) is 42.7 Å². The van der Waals surface area contributed by atoms with Crippen molar-refractivity contribution in [1.82, 2.24) is 20.1 Å². The molecule has 152 valence electrons. The number of rotatable bonds is 8. The Morgan fingerprint density at radius 3 is 2.66 bits per heavy atom. The van der Waals surface area contributed by atoms with Gasteiger partial charge in [-0.3, -0.25) is 4.79 Å². The highest BCUT2D eigenvalue weighted by Gasteiger charge is 2.23. The zero-order chi connectivity index (χ0) is 20.8. The second-order valence-corrected chi connectivity index (χ2v) is 6.57. The van der Waals surface area contributed by atoms with E-state index < -0.39 is 5.97 Å². The summed E-state index contributed by atoms with van der Waals surface area (Å²) in [7, 11) is 1.53. The molecule has 0 saturated carbocycles. The fraction of sp³-hybridized carbons (Fsp3) is 0.286. The molecule has 0 fully saturated rings. The molecule has 8 heteroatoms. The van der Waals surface area contributed by atoms with Crippen LogP contribution in [0.1, 0.15) is 37.7 Å². The molecular formula is C21H24N4O4. The van der Waals surface area contributed by atoms with Gasteiger partial charge < -0.3 is 19.8 Å². The average molecular weight is 396 g/mol. The summed E-state index contributed by atoms with van der Waals surface area (Å²) in [5, 5.41) is 7.17. The fourth-order valence-electron chi connectivity index (χ4n) is 3.02. The first kappa shape index (κ1) is 20.3. The Labute approximate surface area is 168 Å². The maximum atomic E-state index is 12.6. The van der Waals surface area contributed by atoms with Crippen molar-refractivity contribution >= 4 is 11.9 Å². The summed E-state index contributed by atoms with van der Waals surface area (Å²) in [6.45, 7) is 4.25. The van der Waals surface area contributed by atoms with Gasteiger partial charge in [-0.15, -0.1) is 0 Å². The Morgan fingerprint density at radius 1 is 1.17 bits per heavy atom. The summed E-state index contributed by atoms with van der Waals surface area (Å²) in [5.74, 6) is -0.773. The highest BCUT2D eigenvalue weighted by Crippen LogP contribution is 2.19. The van der Waals surface area contributed by atoms with Gasteiger partial charge in [-0.2, -0.15) is 5.10 Å². The maximum Gasteiger partial charge on any atom is 0.340 e. The number of carbonyl (C=O) groups excluding carboxylic acids is 2. The fourth-order valence-corrected chi connectivity index (χ4v) is 3.02. The van der Waals surface area contributed by atoms with E-state index in [2.05, 4.69) is 15.4 Å². The van der Waals surface area contributed by atoms with Gasteiger partial charge in [0.1, 0.15) is 12.3 Å². The number of para-hydroxylation sites is 1. The van der Waals surface area contributed by atoms with E-state index in [0.717, 1.165) is 11.3 Å². The quantitative estimate of drug-likeness (QED) is 0.450. The number of benzene rings is 1. The van der Waals surface area contributed by atoms with E-state index in [1.807, 2.05) is 36.5 Å². The van der Waals surface area contributed by atoms with Crippen LogP contribution < -0.4 is 5.32 Å². The molecule has 0 saturated heterocycles. The summed E-state index contributed by atoms with van der Waals surface area (Å²) in [6, 6.07) is 9.72. The van der Waals surface area contributed by atoms with Crippen LogP contribution in [0.3, 0.4) is 0 Å². The monoisotopic (exact) mass is 396 g/mol. The predicted molar refractivity (Wildman–Crippen MR) is 107 cm³/mol. The molecule has 1 amide bonds. The molecule has 0 spiro atoms. The van der Waals surface area contributed by atoms with Crippen molar-refractivity contribution in [3.8, 4) is 5.69 Å². The first-order chi connectivity index (χ1) is 14.0. The van der Waals surface area contributed by atoms with Gasteiger partial charge in [0.2, 0.25) is 0 Å². The van der Waals surface area contributed by atoms with Gasteiger partial charge in [-0.1, -0.05) is 18.2 Å². The number of nitrogens with zero attached hydrogens (tertiary/aromatic N) is 2. The lowest BCUT2D eigenvalue weighted by molar-refractivity contribution is 0.0387. The molecule has 0 aliphatic carbocycles. The molecule has 2 N–H and O–H groups in total. The molecular weight excluding hydrogens is 372 g/mol. The summed E-state index contributed by atoms with van der Waals surface area (Å²) < 4.78 is 11.8. The van der Waals surface area contributed by atoms with Gasteiger partial charge in [0, 0.05) is 31.1 Å². The highest BCUT2D eigenvalue weighted by atomic mass is 16.6. The van der Waals surface area contributed by atoms with E-state index in [-0.39, 0.29) is 12.5 Å². The van der Waals surface area contributed by atoms with Crippen molar-refractivity contribution in [2.45, 2.75) is 20.4 Å². The van der Waals surface area contributed by atoms with E-state index in [4.69, 9.17) is 9.47 Å². The summed E-state index contributed by atoms with van der Waals surface area (Å²) >= 11 is 0. The molecule has 2 heterocycles. The van der Waals surface area contributed by atoms with Crippen LogP contribution in [-0.2, 0) is 16.0 Å². The zero-order valence-corrected chi connectivity index (χ0v) is 16.7. The molecule has 3 rings (SSSR count). The van der Waals surface area contributed by atoms with Crippen molar-refractivity contribution in [3.63, 3.8) is 0 Å². The van der Waals surface area contributed by atoms with E-state index in [1.54, 1.807) is 24.7 Å². The van der Waals surface area contributed by atoms with Crippen LogP contribution >= 0.6 is 0 Å². The molecule has 0 atom stereocenters. The molecule has 2 aromatic heterocycles. The predicted octanol–water partition coefficient (Wildman–Crippen LogP) is 2.55. The Morgan fingerprint density at radius 2 is 1.93 bits per heavy atom. The third-order valence-electron chi connectivity index (χ3n) is 4.50. The maximum absolute atomic E-state index is 12.6. The molecule has 3 aromatic rings. The van der Waals surface area contributed by atoms with Crippen molar-refractivity contribution in [2.75, 3.05) is 20.3 Å². The van der Waals surface area contributed by atoms with Gasteiger partial charge in [0.15, 0.2) is 0 Å². The van der Waals surface area contributed by atoms with Crippen molar-refractivity contribution in [1.29, 1.82) is 0 Å². The van der Waals surface area contributed by atoms with Gasteiger partial charge in [0.05, 0.1) is 24.1 Å². The number of hydrogen-bond donors (Lipinski definition) is 2. The topological polar surface area (TPSA) is 98.2 Å². The van der Waals surface area contributed by atoms with Crippen molar-refractivity contribution in [2.24, 2.45) is 0 Å². The third kappa shape index (κ3) is 4.72. The van der Waals surface area contributed by atoms with Crippen molar-refractivity contribution < 1.29 is 19.1 Å². The van der Waals surface area contributed by atoms with Gasteiger partial charge in [-0.05, 0) is 31.5 Å². The number of ether oxygens (including phenoxy) is 2. The van der Waals surface area contributed by atoms with E-state index in [0.29, 0.717) is 35.7 Å². The number of aryl methyl sites for hydroxylation is 1. The second-order valence-electron chi connectivity index (χ2n) is 6.57. The summed E-state index contributed by atoms with van der Waals surface area (Å²) in [6.07, 6.45) is 3.57. The van der Waals surface area contributed by atoms with Crippen LogP contribution in [0, 0.1) is 13.8 Å². The standard InChI is InChI=1S/C21H24N4O4/c1-14-18(21(27)29-10-9-28-3)15(2)24-19(14)20(26)22-11-16-12-23-25(13-16)17-7-5-4-6-8-17/h4-8,12-13,24H,9-11H2,1-3H3,(H,22,26). The lowest BCUT2D eigenvalue weighted by Crippen LogP contribution is -2.24. The molecule has 0 aliphatic rings. The zero-order valence-electron chi connectivity index (χ0n) is 16.7. The van der Waals surface area contributed by atoms with Crippen LogP contribution in [0.4, 0.5) is 0 Å². The molecule has 8 nitrogen and oxygen atoms in total. The van der Waals surface area contributed by atoms with Gasteiger partial charge in [0.25, 0.3) is 5.91 Å². The SMILES string of the molecule is COCCOC(=O)c1c(C)[nH]c(C(=O)NCc2cnn(-c3ccccc3)c2)c1C. The van der Waals surface area contributed by atoms with E-state index >= 15 is 0 Å². The molecule has 0 radical (unpaired) electrons. The molecule has 1 aromatic carbocycles. The Bertz CT molecular complexity index is 992. The summed E-state index contributed by atoms with van der Waals surface area (Å²) in [4.78, 5) is 27.9. The second kappa shape index (κ2) is 9.20. The number of aromatic amines is 1. The number of carbonyl (C=O) groups is 2. The molecule has 0 unspecified atom stereocenters. The molecule has 29 heavy (non-hydrogen) atoms. The number of methoxy groups -OCH3 is 1. The Balaban J connectivity index is 1.65. The largest absolute Gasteiger partial charge is 0.460 e. The van der Waals surface area contributed by atoms with Gasteiger partial charge in [-0.25, -0.2) is 9.48 Å².